The molecule has 0 fully saturated rings. The maximum Gasteiger partial charge on any atom is 0.340 e. The predicted molar refractivity (Wildman–Crippen MR) is 89.3 cm³/mol. The number of carbonyl (C=O) groups excluding carboxylic acids is 3. The standard InChI is InChI=1S/C16H14Cl2N2O4/c17-15(18)8-4-7-11(9-15)16(13(19)22,14(20)23)24-12(21)10-5-2-1-3-6-10/h1-8H,9H2,(H2,19,22)(H2,20,23). The molecular formula is C16H14Cl2N2O4. The van der Waals surface area contributed by atoms with E-state index in [2.05, 4.69) is 0 Å². The summed E-state index contributed by atoms with van der Waals surface area (Å²) in [5.41, 5.74) is 8.34. The fourth-order valence-electron chi connectivity index (χ4n) is 2.29. The summed E-state index contributed by atoms with van der Waals surface area (Å²) >= 11 is 12.1. The highest BCUT2D eigenvalue weighted by Crippen LogP contribution is 2.39. The molecule has 0 unspecified atom stereocenters. The van der Waals surface area contributed by atoms with Crippen LogP contribution in [0.2, 0.25) is 0 Å². The zero-order valence-corrected chi connectivity index (χ0v) is 13.9. The summed E-state index contributed by atoms with van der Waals surface area (Å²) in [6.45, 7) is 0. The van der Waals surface area contributed by atoms with Crippen molar-refractivity contribution in [3.8, 4) is 0 Å². The molecule has 1 aliphatic carbocycles. The predicted octanol–water partition coefficient (Wildman–Crippen LogP) is 1.61. The van der Waals surface area contributed by atoms with Crippen molar-refractivity contribution in [2.45, 2.75) is 16.4 Å². The zero-order valence-electron chi connectivity index (χ0n) is 12.4. The van der Waals surface area contributed by atoms with E-state index in [0.717, 1.165) is 0 Å². The van der Waals surface area contributed by atoms with Crippen molar-refractivity contribution >= 4 is 41.0 Å². The Morgan fingerprint density at radius 2 is 1.67 bits per heavy atom. The van der Waals surface area contributed by atoms with Gasteiger partial charge in [-0.15, -0.1) is 0 Å². The molecule has 2 amide bonds. The molecular weight excluding hydrogens is 355 g/mol. The second-order valence-electron chi connectivity index (χ2n) is 5.15. The van der Waals surface area contributed by atoms with Gasteiger partial charge in [-0.2, -0.15) is 0 Å². The normalized spacial score (nSPS) is 16.2. The van der Waals surface area contributed by atoms with Crippen LogP contribution in [0.3, 0.4) is 0 Å². The Morgan fingerprint density at radius 3 is 2.17 bits per heavy atom. The Morgan fingerprint density at radius 1 is 1.08 bits per heavy atom. The van der Waals surface area contributed by atoms with Crippen molar-refractivity contribution in [2.75, 3.05) is 0 Å². The van der Waals surface area contributed by atoms with E-state index in [1.54, 1.807) is 18.2 Å². The molecule has 0 radical (unpaired) electrons. The number of esters is 1. The SMILES string of the molecule is NC(=O)C(OC(=O)c1ccccc1)(C(N)=O)C1=CC=CC(Cl)(Cl)C1. The fraction of sp³-hybridized carbons (Fsp3) is 0.188. The van der Waals surface area contributed by atoms with Crippen molar-refractivity contribution < 1.29 is 19.1 Å². The first-order chi connectivity index (χ1) is 11.2. The average molecular weight is 369 g/mol. The Labute approximate surface area is 148 Å². The summed E-state index contributed by atoms with van der Waals surface area (Å²) < 4.78 is 3.78. The van der Waals surface area contributed by atoms with Crippen LogP contribution in [0.15, 0.2) is 54.1 Å². The number of hydrogen-bond acceptors (Lipinski definition) is 4. The second-order valence-corrected chi connectivity index (χ2v) is 6.70. The van der Waals surface area contributed by atoms with Crippen molar-refractivity contribution in [3.05, 3.63) is 59.7 Å². The van der Waals surface area contributed by atoms with Crippen molar-refractivity contribution in [1.82, 2.24) is 0 Å². The molecule has 0 aliphatic heterocycles. The molecule has 0 aromatic heterocycles. The Hall–Kier alpha value is -2.31. The number of allylic oxidation sites excluding steroid dienone is 3. The summed E-state index contributed by atoms with van der Waals surface area (Å²) in [5.74, 6) is -3.40. The molecule has 1 aromatic carbocycles. The number of alkyl halides is 2. The van der Waals surface area contributed by atoms with Gasteiger partial charge in [0, 0.05) is 6.42 Å². The quantitative estimate of drug-likeness (QED) is 0.466. The van der Waals surface area contributed by atoms with E-state index in [1.165, 1.54) is 30.4 Å². The maximum absolute atomic E-state index is 12.3. The number of amides is 2. The van der Waals surface area contributed by atoms with Crippen LogP contribution < -0.4 is 11.5 Å². The van der Waals surface area contributed by atoms with E-state index >= 15 is 0 Å². The van der Waals surface area contributed by atoms with Crippen LogP contribution >= 0.6 is 23.2 Å². The highest BCUT2D eigenvalue weighted by molar-refractivity contribution is 6.50. The lowest BCUT2D eigenvalue weighted by Crippen LogP contribution is -2.59. The molecule has 0 saturated heterocycles. The van der Waals surface area contributed by atoms with E-state index < -0.39 is 27.7 Å². The number of hydrogen-bond donors (Lipinski definition) is 2. The highest BCUT2D eigenvalue weighted by atomic mass is 35.5. The van der Waals surface area contributed by atoms with Gasteiger partial charge in [0.15, 0.2) is 0 Å². The van der Waals surface area contributed by atoms with Gasteiger partial charge < -0.3 is 16.2 Å². The van der Waals surface area contributed by atoms with Gasteiger partial charge in [0.2, 0.25) is 0 Å². The number of benzene rings is 1. The molecule has 1 aromatic rings. The lowest BCUT2D eigenvalue weighted by Gasteiger charge is -2.33. The molecule has 2 rings (SSSR count). The number of halogens is 2. The Kier molecular flexibility index (Phi) is 5.01. The van der Waals surface area contributed by atoms with E-state index in [0.29, 0.717) is 0 Å². The summed E-state index contributed by atoms with van der Waals surface area (Å²) in [7, 11) is 0. The molecule has 8 heteroatoms. The van der Waals surface area contributed by atoms with Crippen LogP contribution in [0.25, 0.3) is 0 Å². The maximum atomic E-state index is 12.3. The first-order valence-corrected chi connectivity index (χ1v) is 7.59. The third-order valence-corrected chi connectivity index (χ3v) is 3.98. The van der Waals surface area contributed by atoms with Crippen LogP contribution in [0.4, 0.5) is 0 Å². The summed E-state index contributed by atoms with van der Waals surface area (Å²) in [4.78, 5) is 36.4. The minimum atomic E-state index is -2.48. The molecule has 0 saturated carbocycles. The van der Waals surface area contributed by atoms with E-state index in [4.69, 9.17) is 39.4 Å². The Bertz CT molecular complexity index is 728. The molecule has 6 nitrogen and oxygen atoms in total. The third kappa shape index (κ3) is 3.44. The van der Waals surface area contributed by atoms with Crippen molar-refractivity contribution in [1.29, 1.82) is 0 Å². The first-order valence-electron chi connectivity index (χ1n) is 6.84. The van der Waals surface area contributed by atoms with E-state index in [1.807, 2.05) is 0 Å². The molecule has 0 spiro atoms. The molecule has 24 heavy (non-hydrogen) atoms. The van der Waals surface area contributed by atoms with Crippen molar-refractivity contribution in [2.24, 2.45) is 11.5 Å². The van der Waals surface area contributed by atoms with Crippen LogP contribution in [-0.2, 0) is 14.3 Å². The minimum Gasteiger partial charge on any atom is -0.430 e. The molecule has 4 N–H and O–H groups in total. The number of ether oxygens (including phenoxy) is 1. The van der Waals surface area contributed by atoms with E-state index in [-0.39, 0.29) is 17.6 Å². The third-order valence-electron chi connectivity index (χ3n) is 3.47. The van der Waals surface area contributed by atoms with Crippen LogP contribution in [0.1, 0.15) is 16.8 Å². The van der Waals surface area contributed by atoms with Gasteiger partial charge in [-0.3, -0.25) is 9.59 Å². The Balaban J connectivity index is 2.47. The highest BCUT2D eigenvalue weighted by Gasteiger charge is 2.52. The van der Waals surface area contributed by atoms with Gasteiger partial charge in [-0.05, 0) is 23.8 Å². The van der Waals surface area contributed by atoms with Gasteiger partial charge in [0.1, 0.15) is 4.33 Å². The monoisotopic (exact) mass is 368 g/mol. The van der Waals surface area contributed by atoms with Crippen molar-refractivity contribution in [3.63, 3.8) is 0 Å². The van der Waals surface area contributed by atoms with Crippen LogP contribution in [0, 0.1) is 0 Å². The topological polar surface area (TPSA) is 112 Å². The molecule has 0 heterocycles. The fourth-order valence-corrected chi connectivity index (χ4v) is 2.73. The second kappa shape index (κ2) is 6.67. The van der Waals surface area contributed by atoms with Crippen LogP contribution in [-0.4, -0.2) is 27.7 Å². The number of rotatable bonds is 5. The van der Waals surface area contributed by atoms with Gasteiger partial charge in [0.25, 0.3) is 17.4 Å². The average Bonchev–Trinajstić information content (AvgIpc) is 2.51. The number of primary amides is 2. The zero-order chi connectivity index (χ0) is 18.0. The number of carbonyl (C=O) groups is 3. The van der Waals surface area contributed by atoms with Gasteiger partial charge >= 0.3 is 5.97 Å². The molecule has 1 aliphatic rings. The molecule has 0 bridgehead atoms. The lowest BCUT2D eigenvalue weighted by atomic mass is 9.85. The smallest absolute Gasteiger partial charge is 0.340 e. The van der Waals surface area contributed by atoms with Gasteiger partial charge in [0.05, 0.1) is 5.56 Å². The summed E-state index contributed by atoms with van der Waals surface area (Å²) in [5, 5.41) is 0. The minimum absolute atomic E-state index is 0.000666. The van der Waals surface area contributed by atoms with Gasteiger partial charge in [-0.1, -0.05) is 53.6 Å². The van der Waals surface area contributed by atoms with E-state index in [9.17, 15) is 14.4 Å². The summed E-state index contributed by atoms with van der Waals surface area (Å²) in [6.07, 6.45) is 4.08. The largest absolute Gasteiger partial charge is 0.430 e. The van der Waals surface area contributed by atoms with Crippen LogP contribution in [0.5, 0.6) is 0 Å². The van der Waals surface area contributed by atoms with Gasteiger partial charge in [-0.25, -0.2) is 4.79 Å². The number of nitrogens with two attached hydrogens (primary N) is 2. The molecule has 0 atom stereocenters. The lowest BCUT2D eigenvalue weighted by molar-refractivity contribution is -0.146. The first kappa shape index (κ1) is 18.0. The summed E-state index contributed by atoms with van der Waals surface area (Å²) in [6, 6.07) is 7.79. The molecule has 126 valence electrons.